The van der Waals surface area contributed by atoms with Crippen LogP contribution >= 0.6 is 0 Å². The van der Waals surface area contributed by atoms with E-state index >= 15 is 0 Å². The van der Waals surface area contributed by atoms with Crippen molar-refractivity contribution in [2.45, 2.75) is 26.7 Å². The second-order valence-corrected chi connectivity index (χ2v) is 6.93. The molecular formula is C21H28N4O2. The lowest BCUT2D eigenvalue weighted by molar-refractivity contribution is -0.117. The largest absolute Gasteiger partial charge is 0.385 e. The van der Waals surface area contributed by atoms with Gasteiger partial charge in [0.1, 0.15) is 0 Å². The van der Waals surface area contributed by atoms with E-state index in [1.807, 2.05) is 31.2 Å². The number of carbonyl (C=O) groups is 2. The summed E-state index contributed by atoms with van der Waals surface area (Å²) in [5, 5.41) is 9.09. The first-order chi connectivity index (χ1) is 13.1. The van der Waals surface area contributed by atoms with Gasteiger partial charge < -0.3 is 20.9 Å². The number of amides is 2. The van der Waals surface area contributed by atoms with Gasteiger partial charge in [-0.1, -0.05) is 18.2 Å². The first-order valence-corrected chi connectivity index (χ1v) is 9.68. The monoisotopic (exact) mass is 368 g/mol. The van der Waals surface area contributed by atoms with Crippen LogP contribution in [0.5, 0.6) is 0 Å². The molecule has 2 amide bonds. The fourth-order valence-corrected chi connectivity index (χ4v) is 3.50. The number of hydrogen-bond acceptors (Lipinski definition) is 4. The SMILES string of the molecule is CCNC(/C=C1\C(=O)Nc2ccccc21)=C(\C)C(=O)NCCN1CCCC1. The molecule has 0 saturated carbocycles. The summed E-state index contributed by atoms with van der Waals surface area (Å²) >= 11 is 0. The molecule has 1 saturated heterocycles. The van der Waals surface area contributed by atoms with Crippen molar-refractivity contribution in [3.63, 3.8) is 0 Å². The van der Waals surface area contributed by atoms with E-state index in [2.05, 4.69) is 20.9 Å². The van der Waals surface area contributed by atoms with Crippen molar-refractivity contribution in [3.8, 4) is 0 Å². The van der Waals surface area contributed by atoms with Crippen LogP contribution in [-0.2, 0) is 9.59 Å². The highest BCUT2D eigenvalue weighted by atomic mass is 16.2. The zero-order valence-corrected chi connectivity index (χ0v) is 16.1. The molecule has 2 aliphatic heterocycles. The Morgan fingerprint density at radius 1 is 1.22 bits per heavy atom. The highest BCUT2D eigenvalue weighted by molar-refractivity contribution is 6.31. The summed E-state index contributed by atoms with van der Waals surface area (Å²) in [6, 6.07) is 7.58. The molecule has 3 N–H and O–H groups in total. The maximum Gasteiger partial charge on any atom is 0.256 e. The predicted molar refractivity (Wildman–Crippen MR) is 108 cm³/mol. The molecule has 0 aliphatic carbocycles. The minimum atomic E-state index is -0.145. The van der Waals surface area contributed by atoms with E-state index < -0.39 is 0 Å². The number of anilines is 1. The summed E-state index contributed by atoms with van der Waals surface area (Å²) in [7, 11) is 0. The number of likely N-dealkylation sites (N-methyl/N-ethyl adjacent to an activating group) is 1. The molecule has 1 aromatic rings. The Kier molecular flexibility index (Phi) is 6.29. The summed E-state index contributed by atoms with van der Waals surface area (Å²) in [5.41, 5.74) is 3.50. The fraction of sp³-hybridized carbons (Fsp3) is 0.429. The van der Waals surface area contributed by atoms with Gasteiger partial charge in [0.25, 0.3) is 5.91 Å². The third kappa shape index (κ3) is 4.57. The fourth-order valence-electron chi connectivity index (χ4n) is 3.50. The van der Waals surface area contributed by atoms with Gasteiger partial charge in [-0.2, -0.15) is 0 Å². The number of hydrogen-bond donors (Lipinski definition) is 3. The molecule has 27 heavy (non-hydrogen) atoms. The normalized spacial score (nSPS) is 18.9. The van der Waals surface area contributed by atoms with Crippen LogP contribution in [0.25, 0.3) is 5.57 Å². The van der Waals surface area contributed by atoms with Crippen molar-refractivity contribution in [2.24, 2.45) is 0 Å². The van der Waals surface area contributed by atoms with E-state index in [9.17, 15) is 9.59 Å². The molecule has 0 spiro atoms. The topological polar surface area (TPSA) is 73.5 Å². The van der Waals surface area contributed by atoms with Gasteiger partial charge in [0.05, 0.1) is 5.57 Å². The minimum absolute atomic E-state index is 0.103. The van der Waals surface area contributed by atoms with E-state index in [0.717, 1.165) is 30.9 Å². The van der Waals surface area contributed by atoms with Crippen LogP contribution in [0.2, 0.25) is 0 Å². The van der Waals surface area contributed by atoms with Crippen LogP contribution in [0.15, 0.2) is 41.6 Å². The van der Waals surface area contributed by atoms with Crippen molar-refractivity contribution in [2.75, 3.05) is 38.0 Å². The number of allylic oxidation sites excluding steroid dienone is 1. The molecule has 144 valence electrons. The zero-order chi connectivity index (χ0) is 19.2. The highest BCUT2D eigenvalue weighted by Crippen LogP contribution is 2.32. The average Bonchev–Trinajstić information content (AvgIpc) is 3.28. The Bertz CT molecular complexity index is 776. The third-order valence-corrected chi connectivity index (χ3v) is 5.02. The highest BCUT2D eigenvalue weighted by Gasteiger charge is 2.24. The predicted octanol–water partition coefficient (Wildman–Crippen LogP) is 2.12. The van der Waals surface area contributed by atoms with Gasteiger partial charge in [-0.05, 0) is 51.9 Å². The number of rotatable bonds is 7. The zero-order valence-electron chi connectivity index (χ0n) is 16.1. The number of fused-ring (bicyclic) bond motifs is 1. The van der Waals surface area contributed by atoms with Crippen LogP contribution in [0.1, 0.15) is 32.3 Å². The Hall–Kier alpha value is -2.60. The Balaban J connectivity index is 1.74. The maximum absolute atomic E-state index is 12.6. The molecule has 0 atom stereocenters. The summed E-state index contributed by atoms with van der Waals surface area (Å²) in [5.74, 6) is -0.248. The van der Waals surface area contributed by atoms with Crippen LogP contribution in [0, 0.1) is 0 Å². The van der Waals surface area contributed by atoms with Gasteiger partial charge in [0.2, 0.25) is 5.91 Å². The Labute approximate surface area is 160 Å². The molecule has 1 aromatic carbocycles. The van der Waals surface area contributed by atoms with E-state index in [0.29, 0.717) is 29.9 Å². The summed E-state index contributed by atoms with van der Waals surface area (Å²) in [6.07, 6.45) is 4.27. The number of carbonyl (C=O) groups excluding carboxylic acids is 2. The Morgan fingerprint density at radius 3 is 2.70 bits per heavy atom. The molecule has 0 radical (unpaired) electrons. The second-order valence-electron chi connectivity index (χ2n) is 6.93. The van der Waals surface area contributed by atoms with E-state index in [1.165, 1.54) is 12.8 Å². The molecule has 6 nitrogen and oxygen atoms in total. The number of para-hydroxylation sites is 1. The first-order valence-electron chi connectivity index (χ1n) is 9.68. The lowest BCUT2D eigenvalue weighted by atomic mass is 10.0. The van der Waals surface area contributed by atoms with E-state index in [4.69, 9.17) is 0 Å². The smallest absolute Gasteiger partial charge is 0.256 e. The summed E-state index contributed by atoms with van der Waals surface area (Å²) in [4.78, 5) is 27.3. The van der Waals surface area contributed by atoms with Crippen molar-refractivity contribution >= 4 is 23.1 Å². The van der Waals surface area contributed by atoms with Gasteiger partial charge in [-0.25, -0.2) is 0 Å². The average molecular weight is 368 g/mol. The summed E-state index contributed by atoms with van der Waals surface area (Å²) in [6.45, 7) is 8.18. The van der Waals surface area contributed by atoms with E-state index in [1.54, 1.807) is 13.0 Å². The van der Waals surface area contributed by atoms with Crippen molar-refractivity contribution in [1.29, 1.82) is 0 Å². The molecule has 2 heterocycles. The minimum Gasteiger partial charge on any atom is -0.385 e. The molecule has 0 bridgehead atoms. The van der Waals surface area contributed by atoms with Crippen molar-refractivity contribution in [3.05, 3.63) is 47.2 Å². The van der Waals surface area contributed by atoms with Crippen molar-refractivity contribution < 1.29 is 9.59 Å². The number of likely N-dealkylation sites (tertiary alicyclic amines) is 1. The number of nitrogens with zero attached hydrogens (tertiary/aromatic N) is 1. The molecule has 3 rings (SSSR count). The van der Waals surface area contributed by atoms with E-state index in [-0.39, 0.29) is 11.8 Å². The maximum atomic E-state index is 12.6. The standard InChI is InChI=1S/C21H28N4O2/c1-3-22-19(14-17-16-8-4-5-9-18(16)24-21(17)27)15(2)20(26)23-10-13-25-11-6-7-12-25/h4-5,8-9,14,22H,3,6-7,10-13H2,1-2H3,(H,23,26)(H,24,27)/b17-14-,19-15+. The van der Waals surface area contributed by atoms with Gasteiger partial charge in [0, 0.05) is 42.2 Å². The first kappa shape index (κ1) is 19.2. The van der Waals surface area contributed by atoms with Crippen molar-refractivity contribution in [1.82, 2.24) is 15.5 Å². The summed E-state index contributed by atoms with van der Waals surface area (Å²) < 4.78 is 0. The van der Waals surface area contributed by atoms with Gasteiger partial charge in [-0.15, -0.1) is 0 Å². The van der Waals surface area contributed by atoms with Crippen LogP contribution in [0.4, 0.5) is 5.69 Å². The van der Waals surface area contributed by atoms with Crippen LogP contribution in [-0.4, -0.2) is 49.4 Å². The molecule has 1 fully saturated rings. The quantitative estimate of drug-likeness (QED) is 0.645. The number of benzene rings is 1. The third-order valence-electron chi connectivity index (χ3n) is 5.02. The lowest BCUT2D eigenvalue weighted by Crippen LogP contribution is -2.34. The van der Waals surface area contributed by atoms with Crippen LogP contribution in [0.3, 0.4) is 0 Å². The van der Waals surface area contributed by atoms with Gasteiger partial charge in [-0.3, -0.25) is 9.59 Å². The molecule has 0 unspecified atom stereocenters. The second kappa shape index (κ2) is 8.86. The molecule has 0 aromatic heterocycles. The van der Waals surface area contributed by atoms with Gasteiger partial charge >= 0.3 is 0 Å². The Morgan fingerprint density at radius 2 is 1.96 bits per heavy atom. The molecular weight excluding hydrogens is 340 g/mol. The molecule has 2 aliphatic rings. The lowest BCUT2D eigenvalue weighted by Gasteiger charge is -2.16. The number of nitrogens with one attached hydrogen (secondary N) is 3. The van der Waals surface area contributed by atoms with Crippen LogP contribution < -0.4 is 16.0 Å². The molecule has 6 heteroatoms. The van der Waals surface area contributed by atoms with Gasteiger partial charge in [0.15, 0.2) is 0 Å².